The van der Waals surface area contributed by atoms with Gasteiger partial charge >= 0.3 is 0 Å². The van der Waals surface area contributed by atoms with Crippen LogP contribution in [0.2, 0.25) is 0 Å². The molecule has 0 aliphatic carbocycles. The number of aromatic nitrogens is 1. The Balaban J connectivity index is 0.00000200. The minimum atomic E-state index is -0.0530. The predicted molar refractivity (Wildman–Crippen MR) is 83.7 cm³/mol. The van der Waals surface area contributed by atoms with Gasteiger partial charge < -0.3 is 20.4 Å². The molecule has 2 aromatic rings. The Morgan fingerprint density at radius 2 is 2.15 bits per heavy atom. The molecule has 0 saturated carbocycles. The van der Waals surface area contributed by atoms with Gasteiger partial charge in [0.2, 0.25) is 5.91 Å². The van der Waals surface area contributed by atoms with E-state index in [1.807, 2.05) is 25.1 Å². The highest BCUT2D eigenvalue weighted by molar-refractivity contribution is 5.95. The second-order valence-corrected chi connectivity index (χ2v) is 4.47. The van der Waals surface area contributed by atoms with Gasteiger partial charge in [0, 0.05) is 35.9 Å². The van der Waals surface area contributed by atoms with E-state index in [-0.39, 0.29) is 24.9 Å². The molecule has 0 aliphatic rings. The summed E-state index contributed by atoms with van der Waals surface area (Å²) in [4.78, 5) is 14.9. The van der Waals surface area contributed by atoms with Crippen molar-refractivity contribution < 1.29 is 9.53 Å². The molecule has 0 unspecified atom stereocenters. The van der Waals surface area contributed by atoms with Gasteiger partial charge in [-0.1, -0.05) is 0 Å². The number of carbonyl (C=O) groups excluding carboxylic acids is 1. The molecule has 0 radical (unpaired) electrons. The van der Waals surface area contributed by atoms with Crippen molar-refractivity contribution in [1.29, 1.82) is 0 Å². The number of fused-ring (bicyclic) bond motifs is 1. The summed E-state index contributed by atoms with van der Waals surface area (Å²) in [6.45, 7) is 3.56. The first kappa shape index (κ1) is 16.5. The van der Waals surface area contributed by atoms with Crippen LogP contribution in [0.4, 0.5) is 5.69 Å². The Labute approximate surface area is 124 Å². The SMILES string of the molecule is COCCNCC(=O)Nc1ccc2[nH]c(C)cc2c1.Cl. The third-order valence-electron chi connectivity index (χ3n) is 2.81. The topological polar surface area (TPSA) is 66.2 Å². The summed E-state index contributed by atoms with van der Waals surface area (Å²) in [5.74, 6) is -0.0530. The predicted octanol–water partition coefficient (Wildman–Crippen LogP) is 2.07. The Bertz CT molecular complexity index is 569. The van der Waals surface area contributed by atoms with E-state index < -0.39 is 0 Å². The van der Waals surface area contributed by atoms with Gasteiger partial charge in [-0.05, 0) is 31.2 Å². The van der Waals surface area contributed by atoms with Crippen LogP contribution in [0.15, 0.2) is 24.3 Å². The number of hydrogen-bond donors (Lipinski definition) is 3. The fraction of sp³-hybridized carbons (Fsp3) is 0.357. The lowest BCUT2D eigenvalue weighted by Crippen LogP contribution is -2.30. The molecule has 20 heavy (non-hydrogen) atoms. The van der Waals surface area contributed by atoms with Crippen molar-refractivity contribution in [1.82, 2.24) is 10.3 Å². The largest absolute Gasteiger partial charge is 0.383 e. The number of H-pyrrole nitrogens is 1. The normalized spacial score (nSPS) is 10.3. The number of nitrogens with one attached hydrogen (secondary N) is 3. The maximum Gasteiger partial charge on any atom is 0.238 e. The van der Waals surface area contributed by atoms with E-state index in [0.29, 0.717) is 13.2 Å². The number of carbonyl (C=O) groups is 1. The summed E-state index contributed by atoms with van der Waals surface area (Å²) in [5.41, 5.74) is 3.00. The quantitative estimate of drug-likeness (QED) is 0.715. The molecule has 6 heteroatoms. The number of rotatable bonds is 6. The molecule has 0 saturated heterocycles. The van der Waals surface area contributed by atoms with Crippen LogP contribution in [0.25, 0.3) is 10.9 Å². The van der Waals surface area contributed by atoms with E-state index >= 15 is 0 Å². The van der Waals surface area contributed by atoms with Gasteiger partial charge in [-0.3, -0.25) is 4.79 Å². The number of ether oxygens (including phenoxy) is 1. The zero-order chi connectivity index (χ0) is 13.7. The molecule has 0 bridgehead atoms. The number of methoxy groups -OCH3 is 1. The van der Waals surface area contributed by atoms with E-state index in [2.05, 4.69) is 21.7 Å². The third kappa shape index (κ3) is 4.52. The number of hydrogen-bond acceptors (Lipinski definition) is 3. The summed E-state index contributed by atoms with van der Waals surface area (Å²) < 4.78 is 4.89. The first-order valence-electron chi connectivity index (χ1n) is 6.28. The fourth-order valence-electron chi connectivity index (χ4n) is 1.94. The minimum absolute atomic E-state index is 0. The highest BCUT2D eigenvalue weighted by Gasteiger charge is 2.03. The molecule has 0 atom stereocenters. The van der Waals surface area contributed by atoms with Crippen LogP contribution in [0.3, 0.4) is 0 Å². The number of anilines is 1. The lowest BCUT2D eigenvalue weighted by atomic mass is 10.2. The molecule has 1 amide bonds. The Morgan fingerprint density at radius 3 is 2.90 bits per heavy atom. The fourth-order valence-corrected chi connectivity index (χ4v) is 1.94. The van der Waals surface area contributed by atoms with Crippen molar-refractivity contribution in [3.8, 4) is 0 Å². The van der Waals surface area contributed by atoms with Gasteiger partial charge in [0.15, 0.2) is 0 Å². The van der Waals surface area contributed by atoms with Crippen LogP contribution >= 0.6 is 12.4 Å². The maximum atomic E-state index is 11.7. The first-order valence-corrected chi connectivity index (χ1v) is 6.28. The smallest absolute Gasteiger partial charge is 0.238 e. The van der Waals surface area contributed by atoms with Crippen LogP contribution in [-0.4, -0.2) is 37.7 Å². The minimum Gasteiger partial charge on any atom is -0.383 e. The molecular weight excluding hydrogens is 278 g/mol. The Kier molecular flexibility index (Phi) is 6.51. The molecule has 110 valence electrons. The summed E-state index contributed by atoms with van der Waals surface area (Å²) in [6, 6.07) is 7.88. The lowest BCUT2D eigenvalue weighted by Gasteiger charge is -2.06. The molecule has 0 spiro atoms. The van der Waals surface area contributed by atoms with Gasteiger partial charge in [0.05, 0.1) is 13.2 Å². The average molecular weight is 298 g/mol. The number of halogens is 1. The number of amides is 1. The molecular formula is C14H20ClN3O2. The second-order valence-electron chi connectivity index (χ2n) is 4.47. The van der Waals surface area contributed by atoms with Crippen molar-refractivity contribution in [2.45, 2.75) is 6.92 Å². The Morgan fingerprint density at radius 1 is 1.35 bits per heavy atom. The number of benzene rings is 1. The zero-order valence-electron chi connectivity index (χ0n) is 11.7. The molecule has 0 fully saturated rings. The van der Waals surface area contributed by atoms with Crippen LogP contribution in [0.1, 0.15) is 5.69 Å². The molecule has 1 heterocycles. The monoisotopic (exact) mass is 297 g/mol. The van der Waals surface area contributed by atoms with Crippen LogP contribution < -0.4 is 10.6 Å². The van der Waals surface area contributed by atoms with Crippen molar-refractivity contribution in [3.05, 3.63) is 30.0 Å². The molecule has 0 aliphatic heterocycles. The molecule has 5 nitrogen and oxygen atoms in total. The van der Waals surface area contributed by atoms with E-state index in [1.54, 1.807) is 7.11 Å². The number of aromatic amines is 1. The zero-order valence-corrected chi connectivity index (χ0v) is 12.5. The Hall–Kier alpha value is -1.56. The summed E-state index contributed by atoms with van der Waals surface area (Å²) in [7, 11) is 1.63. The summed E-state index contributed by atoms with van der Waals surface area (Å²) in [5, 5.41) is 6.97. The van der Waals surface area contributed by atoms with E-state index in [0.717, 1.165) is 22.3 Å². The van der Waals surface area contributed by atoms with Crippen molar-refractivity contribution in [2.24, 2.45) is 0 Å². The molecule has 1 aromatic heterocycles. The lowest BCUT2D eigenvalue weighted by molar-refractivity contribution is -0.115. The van der Waals surface area contributed by atoms with E-state index in [9.17, 15) is 4.79 Å². The maximum absolute atomic E-state index is 11.7. The van der Waals surface area contributed by atoms with Crippen LogP contribution in [0, 0.1) is 6.92 Å². The van der Waals surface area contributed by atoms with Gasteiger partial charge in [-0.15, -0.1) is 12.4 Å². The number of aryl methyl sites for hydroxylation is 1. The summed E-state index contributed by atoms with van der Waals surface area (Å²) >= 11 is 0. The van der Waals surface area contributed by atoms with Crippen molar-refractivity contribution >= 4 is 34.9 Å². The summed E-state index contributed by atoms with van der Waals surface area (Å²) in [6.07, 6.45) is 0. The van der Waals surface area contributed by atoms with Gasteiger partial charge in [0.1, 0.15) is 0 Å². The average Bonchev–Trinajstić information content (AvgIpc) is 2.74. The first-order chi connectivity index (χ1) is 9.19. The van der Waals surface area contributed by atoms with Gasteiger partial charge in [-0.25, -0.2) is 0 Å². The third-order valence-corrected chi connectivity index (χ3v) is 2.81. The van der Waals surface area contributed by atoms with Crippen molar-refractivity contribution in [2.75, 3.05) is 32.1 Å². The van der Waals surface area contributed by atoms with Crippen LogP contribution in [-0.2, 0) is 9.53 Å². The highest BCUT2D eigenvalue weighted by Crippen LogP contribution is 2.19. The second kappa shape index (κ2) is 7.89. The highest BCUT2D eigenvalue weighted by atomic mass is 35.5. The van der Waals surface area contributed by atoms with Crippen LogP contribution in [0.5, 0.6) is 0 Å². The molecule has 1 aromatic carbocycles. The molecule has 3 N–H and O–H groups in total. The standard InChI is InChI=1S/C14H19N3O2.ClH/c1-10-7-11-8-12(3-4-13(11)16-10)17-14(18)9-15-5-6-19-2;/h3-4,7-8,15-16H,5-6,9H2,1-2H3,(H,17,18);1H. The van der Waals surface area contributed by atoms with Crippen molar-refractivity contribution in [3.63, 3.8) is 0 Å². The van der Waals surface area contributed by atoms with Gasteiger partial charge in [0.25, 0.3) is 0 Å². The molecule has 2 rings (SSSR count). The van der Waals surface area contributed by atoms with E-state index in [4.69, 9.17) is 4.74 Å². The van der Waals surface area contributed by atoms with Gasteiger partial charge in [-0.2, -0.15) is 0 Å². The van der Waals surface area contributed by atoms with E-state index in [1.165, 1.54) is 0 Å².